The predicted octanol–water partition coefficient (Wildman–Crippen LogP) is 4.39. The number of nitrogens with two attached hydrogens (primary N) is 1. The molecule has 6 N–H and O–H groups in total. The predicted molar refractivity (Wildman–Crippen MR) is 163 cm³/mol. The maximum atomic E-state index is 12.3. The molecule has 5 rings (SSSR count). The van der Waals surface area contributed by atoms with Crippen LogP contribution in [0.2, 0.25) is 0 Å². The van der Waals surface area contributed by atoms with Crippen LogP contribution in [0.1, 0.15) is 30.0 Å². The monoisotopic (exact) mass is 627 g/mol. The number of phenolic OH excluding ortho intramolecular Hbond substituents is 1. The lowest BCUT2D eigenvalue weighted by Crippen LogP contribution is -2.54. The summed E-state index contributed by atoms with van der Waals surface area (Å²) in [5.74, 6) is -3.26. The number of nitrogens with zero attached hydrogens (tertiary/aromatic N) is 3. The maximum Gasteiger partial charge on any atom is 0.490 e. The Hall–Kier alpha value is -4.62. The molecule has 45 heavy (non-hydrogen) atoms. The van der Waals surface area contributed by atoms with E-state index >= 15 is 0 Å². The average molecular weight is 628 g/mol. The third kappa shape index (κ3) is 8.73. The fraction of sp³-hybridized carbons (Fsp3) is 0.344. The molecule has 3 aromatic rings. The number of amidine groups is 1. The molecule has 0 aromatic heterocycles. The zero-order chi connectivity index (χ0) is 32.7. The molecule has 240 valence electrons. The molecule has 0 aliphatic carbocycles. The number of nitrogens with one attached hydrogen (secondary N) is 1. The molecule has 10 nitrogen and oxygen atoms in total. The molecule has 2 aliphatic rings. The second-order valence-corrected chi connectivity index (χ2v) is 11.0. The minimum Gasteiger partial charge on any atom is -0.508 e. The minimum absolute atomic E-state index is 0.0870. The van der Waals surface area contributed by atoms with Gasteiger partial charge >= 0.3 is 18.1 Å². The summed E-state index contributed by atoms with van der Waals surface area (Å²) in [4.78, 5) is 28.2. The van der Waals surface area contributed by atoms with Crippen LogP contribution in [0, 0.1) is 5.41 Å². The Labute approximate surface area is 258 Å². The van der Waals surface area contributed by atoms with E-state index in [1.54, 1.807) is 12.1 Å². The first kappa shape index (κ1) is 33.3. The van der Waals surface area contributed by atoms with E-state index in [1.807, 2.05) is 60.7 Å². The molecular weight excluding hydrogens is 591 g/mol. The molecule has 1 unspecified atom stereocenters. The molecule has 2 saturated heterocycles. The summed E-state index contributed by atoms with van der Waals surface area (Å²) in [6, 6.07) is 22.4. The van der Waals surface area contributed by atoms with Crippen molar-refractivity contribution in [2.45, 2.75) is 31.1 Å². The van der Waals surface area contributed by atoms with E-state index in [0.717, 1.165) is 80.1 Å². The number of piperidine rings is 1. The normalized spacial score (nSPS) is 17.2. The second-order valence-electron chi connectivity index (χ2n) is 11.0. The number of carbonyl (C=O) groups is 2. The first-order chi connectivity index (χ1) is 21.3. The summed E-state index contributed by atoms with van der Waals surface area (Å²) in [6.07, 6.45) is -3.16. The molecule has 1 atom stereocenters. The molecule has 0 saturated carbocycles. The van der Waals surface area contributed by atoms with Crippen molar-refractivity contribution in [2.75, 3.05) is 44.2 Å². The number of carboxylic acid groups (broad SMARTS) is 2. The number of phenols is 1. The van der Waals surface area contributed by atoms with Crippen molar-refractivity contribution >= 4 is 23.5 Å². The van der Waals surface area contributed by atoms with Gasteiger partial charge in [-0.05, 0) is 65.9 Å². The molecular formula is C32H36F3N5O5. The third-order valence-corrected chi connectivity index (χ3v) is 8.14. The van der Waals surface area contributed by atoms with Gasteiger partial charge in [0.05, 0.1) is 0 Å². The van der Waals surface area contributed by atoms with Crippen LogP contribution < -0.4 is 10.6 Å². The van der Waals surface area contributed by atoms with Crippen LogP contribution >= 0.6 is 0 Å². The Balaban J connectivity index is 0.000000591. The number of piperazine rings is 1. The lowest BCUT2D eigenvalue weighted by Gasteiger charge is -2.44. The fourth-order valence-corrected chi connectivity index (χ4v) is 5.73. The van der Waals surface area contributed by atoms with Crippen molar-refractivity contribution < 1.29 is 38.1 Å². The molecule has 3 aromatic carbocycles. The maximum absolute atomic E-state index is 12.3. The third-order valence-electron chi connectivity index (χ3n) is 8.14. The lowest BCUT2D eigenvalue weighted by molar-refractivity contribution is -0.192. The van der Waals surface area contributed by atoms with Crippen molar-refractivity contribution in [1.82, 2.24) is 9.80 Å². The van der Waals surface area contributed by atoms with Gasteiger partial charge in [-0.25, -0.2) is 4.79 Å². The number of anilines is 1. The summed E-state index contributed by atoms with van der Waals surface area (Å²) in [7, 11) is 0. The number of aliphatic carboxylic acids is 2. The molecule has 2 heterocycles. The zero-order valence-electron chi connectivity index (χ0n) is 24.5. The average Bonchev–Trinajstić information content (AvgIpc) is 3.02. The van der Waals surface area contributed by atoms with Gasteiger partial charge in [-0.3, -0.25) is 20.0 Å². The van der Waals surface area contributed by atoms with Gasteiger partial charge in [0.2, 0.25) is 0 Å². The van der Waals surface area contributed by atoms with Gasteiger partial charge < -0.3 is 26.0 Å². The van der Waals surface area contributed by atoms with Crippen LogP contribution in [0.3, 0.4) is 0 Å². The van der Waals surface area contributed by atoms with Gasteiger partial charge in [0.15, 0.2) is 0 Å². The molecule has 0 spiro atoms. The van der Waals surface area contributed by atoms with Gasteiger partial charge in [-0.1, -0.05) is 36.4 Å². The largest absolute Gasteiger partial charge is 0.508 e. The SMILES string of the molecule is N=C(N)c1ccc(N2CCN(C3CCN(C(C(=O)O)c4ccc(-c5ccc(O)cc5)cc4)CC3)CC2)cc1.O=C(O)C(F)(F)F. The summed E-state index contributed by atoms with van der Waals surface area (Å²) < 4.78 is 31.7. The summed E-state index contributed by atoms with van der Waals surface area (Å²) >= 11 is 0. The van der Waals surface area contributed by atoms with E-state index in [0.29, 0.717) is 6.04 Å². The highest BCUT2D eigenvalue weighted by Gasteiger charge is 2.38. The van der Waals surface area contributed by atoms with Crippen LogP contribution in [0.25, 0.3) is 11.1 Å². The van der Waals surface area contributed by atoms with Crippen molar-refractivity contribution in [1.29, 1.82) is 5.41 Å². The Morgan fingerprint density at radius 2 is 1.29 bits per heavy atom. The highest BCUT2D eigenvalue weighted by atomic mass is 19.4. The van der Waals surface area contributed by atoms with E-state index < -0.39 is 24.2 Å². The number of likely N-dealkylation sites (tertiary alicyclic amines) is 1. The van der Waals surface area contributed by atoms with Crippen LogP contribution in [0.15, 0.2) is 72.8 Å². The molecule has 2 aliphatic heterocycles. The topological polar surface area (TPSA) is 154 Å². The van der Waals surface area contributed by atoms with E-state index in [1.165, 1.54) is 0 Å². The van der Waals surface area contributed by atoms with Crippen LogP contribution in [0.4, 0.5) is 18.9 Å². The second kappa shape index (κ2) is 14.4. The lowest BCUT2D eigenvalue weighted by atomic mass is 9.96. The van der Waals surface area contributed by atoms with Crippen LogP contribution in [-0.4, -0.2) is 94.4 Å². The Kier molecular flexibility index (Phi) is 10.7. The summed E-state index contributed by atoms with van der Waals surface area (Å²) in [6.45, 7) is 5.39. The van der Waals surface area contributed by atoms with Crippen LogP contribution in [-0.2, 0) is 9.59 Å². The number of benzene rings is 3. The van der Waals surface area contributed by atoms with Crippen molar-refractivity contribution in [2.24, 2.45) is 5.73 Å². The van der Waals surface area contributed by atoms with E-state index in [2.05, 4.69) is 14.7 Å². The highest BCUT2D eigenvalue weighted by Crippen LogP contribution is 2.30. The van der Waals surface area contributed by atoms with Gasteiger partial charge in [-0.2, -0.15) is 13.2 Å². The molecule has 0 radical (unpaired) electrons. The smallest absolute Gasteiger partial charge is 0.490 e. The van der Waals surface area contributed by atoms with Crippen molar-refractivity contribution in [3.8, 4) is 16.9 Å². The number of rotatable bonds is 7. The van der Waals surface area contributed by atoms with E-state index in [4.69, 9.17) is 21.0 Å². The number of nitrogen functional groups attached to an aromatic ring is 1. The Morgan fingerprint density at radius 3 is 1.73 bits per heavy atom. The number of halogens is 3. The van der Waals surface area contributed by atoms with Gasteiger partial charge in [-0.15, -0.1) is 0 Å². The molecule has 0 bridgehead atoms. The number of alkyl halides is 3. The van der Waals surface area contributed by atoms with E-state index in [-0.39, 0.29) is 11.6 Å². The first-order valence-corrected chi connectivity index (χ1v) is 14.4. The van der Waals surface area contributed by atoms with E-state index in [9.17, 15) is 28.2 Å². The standard InChI is InChI=1S/C30H35N5O3.C2HF3O2/c31-29(32)24-5-9-25(10-6-24)33-17-19-34(20-18-33)26-13-15-35(16-14-26)28(30(37)38)23-3-1-21(2-4-23)22-7-11-27(36)12-8-22;3-2(4,5)1(6)7/h1-12,26,28,36H,13-20H2,(H3,31,32)(H,37,38);(H,6,7). The summed E-state index contributed by atoms with van der Waals surface area (Å²) in [5.41, 5.74) is 10.2. The molecule has 13 heteroatoms. The number of aromatic hydroxyl groups is 1. The number of carboxylic acids is 2. The molecule has 2 fully saturated rings. The highest BCUT2D eigenvalue weighted by molar-refractivity contribution is 5.95. The fourth-order valence-electron chi connectivity index (χ4n) is 5.73. The number of hydrogen-bond donors (Lipinski definition) is 5. The van der Waals surface area contributed by atoms with Crippen LogP contribution in [0.5, 0.6) is 5.75 Å². The zero-order valence-corrected chi connectivity index (χ0v) is 24.5. The van der Waals surface area contributed by atoms with Gasteiger partial charge in [0, 0.05) is 56.6 Å². The quantitative estimate of drug-likeness (QED) is 0.190. The minimum atomic E-state index is -5.08. The Bertz CT molecular complexity index is 1450. The first-order valence-electron chi connectivity index (χ1n) is 14.4. The number of hydrogen-bond acceptors (Lipinski definition) is 7. The Morgan fingerprint density at radius 1 is 0.800 bits per heavy atom. The van der Waals surface area contributed by atoms with Crippen molar-refractivity contribution in [3.05, 3.63) is 83.9 Å². The van der Waals surface area contributed by atoms with Crippen molar-refractivity contribution in [3.63, 3.8) is 0 Å². The molecule has 0 amide bonds. The van der Waals surface area contributed by atoms with Gasteiger partial charge in [0.1, 0.15) is 17.6 Å². The van der Waals surface area contributed by atoms with Gasteiger partial charge in [0.25, 0.3) is 0 Å². The summed E-state index contributed by atoms with van der Waals surface area (Å²) in [5, 5.41) is 34.3.